The summed E-state index contributed by atoms with van der Waals surface area (Å²) in [4.78, 5) is 29.4. The van der Waals surface area contributed by atoms with Gasteiger partial charge in [-0.15, -0.1) is 0 Å². The highest BCUT2D eigenvalue weighted by Gasteiger charge is 2.09. The highest BCUT2D eigenvalue weighted by molar-refractivity contribution is 5.91. The molecule has 2 N–H and O–H groups in total. The summed E-state index contributed by atoms with van der Waals surface area (Å²) in [5.74, 6) is 5.60. The van der Waals surface area contributed by atoms with Crippen LogP contribution in [-0.4, -0.2) is 14.2 Å². The third-order valence-corrected chi connectivity index (χ3v) is 4.33. The summed E-state index contributed by atoms with van der Waals surface area (Å²) < 4.78 is 2.64. The van der Waals surface area contributed by atoms with Crippen LogP contribution in [0, 0.1) is 0 Å². The van der Waals surface area contributed by atoms with Crippen molar-refractivity contribution in [1.82, 2.24) is 14.2 Å². The SMILES string of the molecule is Nn1ccc2nc3ccn(CCc4ccccc4)c(=O)c3cc2c1=O. The Balaban J connectivity index is 1.81. The maximum absolute atomic E-state index is 12.8. The van der Waals surface area contributed by atoms with Crippen LogP contribution in [0.4, 0.5) is 0 Å². The van der Waals surface area contributed by atoms with Crippen molar-refractivity contribution in [3.05, 3.63) is 87.2 Å². The number of aromatic nitrogens is 3. The lowest BCUT2D eigenvalue weighted by Gasteiger charge is -2.08. The maximum Gasteiger partial charge on any atom is 0.278 e. The standard InChI is InChI=1S/C19H16N4O2/c20-23-11-8-17-15(19(23)25)12-14-16(21-17)7-10-22(18(14)24)9-6-13-4-2-1-3-5-13/h1-5,7-8,10-12H,6,9,20H2. The topological polar surface area (TPSA) is 82.9 Å². The molecule has 25 heavy (non-hydrogen) atoms. The molecule has 1 aromatic carbocycles. The van der Waals surface area contributed by atoms with Gasteiger partial charge in [0.05, 0.1) is 21.8 Å². The number of hydrogen-bond donors (Lipinski definition) is 1. The van der Waals surface area contributed by atoms with E-state index in [9.17, 15) is 9.59 Å². The van der Waals surface area contributed by atoms with Gasteiger partial charge in [0.15, 0.2) is 0 Å². The third kappa shape index (κ3) is 2.67. The van der Waals surface area contributed by atoms with Gasteiger partial charge in [-0.05, 0) is 30.2 Å². The lowest BCUT2D eigenvalue weighted by Crippen LogP contribution is -2.27. The smallest absolute Gasteiger partial charge is 0.278 e. The molecule has 0 bridgehead atoms. The number of aryl methyl sites for hydroxylation is 2. The maximum atomic E-state index is 12.8. The number of nitrogens with two attached hydrogens (primary N) is 1. The van der Waals surface area contributed by atoms with E-state index in [4.69, 9.17) is 5.84 Å². The van der Waals surface area contributed by atoms with Crippen LogP contribution in [-0.2, 0) is 13.0 Å². The van der Waals surface area contributed by atoms with Crippen LogP contribution in [0.15, 0.2) is 70.5 Å². The first-order valence-electron chi connectivity index (χ1n) is 7.98. The fraction of sp³-hybridized carbons (Fsp3) is 0.105. The average Bonchev–Trinajstić information content (AvgIpc) is 2.64. The molecule has 0 amide bonds. The molecule has 0 saturated heterocycles. The number of benzene rings is 1. The zero-order valence-electron chi connectivity index (χ0n) is 13.4. The van der Waals surface area contributed by atoms with Gasteiger partial charge in [-0.25, -0.2) is 9.66 Å². The normalized spacial score (nSPS) is 11.2. The summed E-state index contributed by atoms with van der Waals surface area (Å²) in [5, 5.41) is 0.766. The first-order chi connectivity index (χ1) is 12.1. The van der Waals surface area contributed by atoms with E-state index in [0.29, 0.717) is 28.4 Å². The molecular weight excluding hydrogens is 316 g/mol. The van der Waals surface area contributed by atoms with Gasteiger partial charge in [0, 0.05) is 18.9 Å². The van der Waals surface area contributed by atoms with E-state index in [-0.39, 0.29) is 11.1 Å². The Morgan fingerprint density at radius 1 is 0.880 bits per heavy atom. The van der Waals surface area contributed by atoms with Crippen molar-refractivity contribution in [2.45, 2.75) is 13.0 Å². The third-order valence-electron chi connectivity index (χ3n) is 4.33. The van der Waals surface area contributed by atoms with Crippen molar-refractivity contribution < 1.29 is 0 Å². The minimum absolute atomic E-state index is 0.158. The molecule has 4 aromatic rings. The Kier molecular flexibility index (Phi) is 3.57. The van der Waals surface area contributed by atoms with Gasteiger partial charge >= 0.3 is 0 Å². The summed E-state index contributed by atoms with van der Waals surface area (Å²) in [6.07, 6.45) is 3.96. The Morgan fingerprint density at radius 3 is 2.32 bits per heavy atom. The summed E-state index contributed by atoms with van der Waals surface area (Å²) in [7, 11) is 0. The molecule has 4 rings (SSSR count). The molecule has 0 unspecified atom stereocenters. The summed E-state index contributed by atoms with van der Waals surface area (Å²) in [6.45, 7) is 0.562. The van der Waals surface area contributed by atoms with Crippen LogP contribution in [0.2, 0.25) is 0 Å². The fourth-order valence-corrected chi connectivity index (χ4v) is 2.95. The van der Waals surface area contributed by atoms with Crippen molar-refractivity contribution in [2.24, 2.45) is 0 Å². The van der Waals surface area contributed by atoms with E-state index in [1.54, 1.807) is 29.0 Å². The zero-order valence-corrected chi connectivity index (χ0v) is 13.4. The molecule has 0 fully saturated rings. The Labute approximate surface area is 142 Å². The summed E-state index contributed by atoms with van der Waals surface area (Å²) in [5.41, 5.74) is 1.74. The molecular formula is C19H16N4O2. The zero-order chi connectivity index (χ0) is 17.4. The lowest BCUT2D eigenvalue weighted by molar-refractivity contribution is 0.675. The van der Waals surface area contributed by atoms with Crippen molar-refractivity contribution in [2.75, 3.05) is 5.84 Å². The predicted molar refractivity (Wildman–Crippen MR) is 98.1 cm³/mol. The van der Waals surface area contributed by atoms with Crippen LogP contribution < -0.4 is 17.0 Å². The molecule has 6 heteroatoms. The number of pyridine rings is 3. The number of nitrogen functional groups attached to an aromatic ring is 1. The van der Waals surface area contributed by atoms with Crippen LogP contribution in [0.5, 0.6) is 0 Å². The van der Waals surface area contributed by atoms with Gasteiger partial charge in [0.25, 0.3) is 11.1 Å². The number of fused-ring (bicyclic) bond motifs is 2. The quantitative estimate of drug-likeness (QED) is 0.457. The second kappa shape index (κ2) is 5.90. The van der Waals surface area contributed by atoms with E-state index in [1.165, 1.54) is 6.20 Å². The molecule has 124 valence electrons. The first-order valence-corrected chi connectivity index (χ1v) is 7.98. The second-order valence-electron chi connectivity index (χ2n) is 5.93. The molecule has 6 nitrogen and oxygen atoms in total. The van der Waals surface area contributed by atoms with Crippen molar-refractivity contribution >= 4 is 21.8 Å². The van der Waals surface area contributed by atoms with Gasteiger partial charge < -0.3 is 10.4 Å². The molecule has 3 heterocycles. The monoisotopic (exact) mass is 332 g/mol. The molecule has 0 atom stereocenters. The van der Waals surface area contributed by atoms with Crippen molar-refractivity contribution in [3.63, 3.8) is 0 Å². The molecule has 3 aromatic heterocycles. The lowest BCUT2D eigenvalue weighted by atomic mass is 10.1. The van der Waals surface area contributed by atoms with E-state index in [2.05, 4.69) is 4.98 Å². The average molecular weight is 332 g/mol. The van der Waals surface area contributed by atoms with Crippen LogP contribution in [0.1, 0.15) is 5.56 Å². The molecule has 0 radical (unpaired) electrons. The largest absolute Gasteiger partial charge is 0.336 e. The minimum Gasteiger partial charge on any atom is -0.336 e. The summed E-state index contributed by atoms with van der Waals surface area (Å²) >= 11 is 0. The fourth-order valence-electron chi connectivity index (χ4n) is 2.95. The first kappa shape index (κ1) is 15.1. The van der Waals surface area contributed by atoms with Crippen LogP contribution in [0.3, 0.4) is 0 Å². The van der Waals surface area contributed by atoms with Gasteiger partial charge in [0.2, 0.25) is 0 Å². The van der Waals surface area contributed by atoms with Gasteiger partial charge in [-0.1, -0.05) is 30.3 Å². The predicted octanol–water partition coefficient (Wildman–Crippen LogP) is 1.67. The van der Waals surface area contributed by atoms with Crippen LogP contribution >= 0.6 is 0 Å². The Hall–Kier alpha value is -3.41. The van der Waals surface area contributed by atoms with E-state index < -0.39 is 0 Å². The number of hydrogen-bond acceptors (Lipinski definition) is 4. The molecule has 0 aliphatic heterocycles. The van der Waals surface area contributed by atoms with Gasteiger partial charge in [-0.2, -0.15) is 0 Å². The Bertz CT molecular complexity index is 1190. The Morgan fingerprint density at radius 2 is 1.56 bits per heavy atom. The van der Waals surface area contributed by atoms with Crippen molar-refractivity contribution in [1.29, 1.82) is 0 Å². The van der Waals surface area contributed by atoms with E-state index >= 15 is 0 Å². The highest BCUT2D eigenvalue weighted by atomic mass is 16.1. The molecule has 0 spiro atoms. The summed E-state index contributed by atoms with van der Waals surface area (Å²) in [6, 6.07) is 15.0. The minimum atomic E-state index is -0.369. The molecule has 0 aliphatic rings. The van der Waals surface area contributed by atoms with E-state index in [0.717, 1.165) is 16.7 Å². The number of nitrogens with zero attached hydrogens (tertiary/aromatic N) is 3. The van der Waals surface area contributed by atoms with Crippen LogP contribution in [0.25, 0.3) is 21.8 Å². The highest BCUT2D eigenvalue weighted by Crippen LogP contribution is 2.14. The second-order valence-corrected chi connectivity index (χ2v) is 5.93. The van der Waals surface area contributed by atoms with Gasteiger partial charge in [-0.3, -0.25) is 9.59 Å². The molecule has 0 aliphatic carbocycles. The van der Waals surface area contributed by atoms with Crippen molar-refractivity contribution in [3.8, 4) is 0 Å². The van der Waals surface area contributed by atoms with E-state index in [1.807, 2.05) is 30.3 Å². The number of rotatable bonds is 3. The molecule has 0 saturated carbocycles. The van der Waals surface area contributed by atoms with Gasteiger partial charge in [0.1, 0.15) is 0 Å².